The van der Waals surface area contributed by atoms with Crippen LogP contribution in [-0.4, -0.2) is 47.2 Å². The number of Topliss-reactive ketones (excluding diaryl/α,β-unsaturated/α-hetero) is 1. The van der Waals surface area contributed by atoms with Crippen LogP contribution < -0.4 is 0 Å². The number of rotatable bonds is 7. The monoisotopic (exact) mass is 323 g/mol. The fourth-order valence-corrected chi connectivity index (χ4v) is 1.54. The van der Waals surface area contributed by atoms with Crippen molar-refractivity contribution in [2.75, 3.05) is 12.4 Å². The van der Waals surface area contributed by atoms with Gasteiger partial charge in [0.2, 0.25) is 0 Å². The molecule has 0 unspecified atom stereocenters. The van der Waals surface area contributed by atoms with E-state index >= 15 is 0 Å². The molecule has 0 aliphatic rings. The van der Waals surface area contributed by atoms with E-state index in [-0.39, 0.29) is 31.0 Å². The van der Waals surface area contributed by atoms with E-state index in [0.29, 0.717) is 4.90 Å². The third-order valence-corrected chi connectivity index (χ3v) is 2.81. The van der Waals surface area contributed by atoms with Crippen LogP contribution in [0.4, 0.5) is 22.0 Å². The van der Waals surface area contributed by atoms with Gasteiger partial charge >= 0.3 is 18.0 Å². The van der Waals surface area contributed by atoms with Crippen LogP contribution >= 0.6 is 11.6 Å². The molecule has 0 saturated carbocycles. The minimum Gasteiger partial charge on any atom is -0.335 e. The lowest BCUT2D eigenvalue weighted by molar-refractivity contribution is -0.275. The van der Waals surface area contributed by atoms with Crippen LogP contribution in [0.5, 0.6) is 0 Å². The van der Waals surface area contributed by atoms with Crippen LogP contribution in [0.1, 0.15) is 26.7 Å². The zero-order valence-electron chi connectivity index (χ0n) is 10.9. The highest BCUT2D eigenvalue weighted by molar-refractivity contribution is 6.27. The van der Waals surface area contributed by atoms with E-state index in [1.165, 1.54) is 13.8 Å². The zero-order chi connectivity index (χ0) is 16.1. The Balaban J connectivity index is 4.85. The summed E-state index contributed by atoms with van der Waals surface area (Å²) >= 11 is 5.23. The molecule has 3 nitrogen and oxygen atoms in total. The number of carbonyl (C=O) groups excluding carboxylic acids is 2. The zero-order valence-corrected chi connectivity index (χ0v) is 11.7. The van der Waals surface area contributed by atoms with Gasteiger partial charge in [0.15, 0.2) is 0 Å². The quantitative estimate of drug-likeness (QED) is 0.533. The average molecular weight is 324 g/mol. The van der Waals surface area contributed by atoms with E-state index in [9.17, 15) is 31.5 Å². The normalized spacial score (nSPS) is 12.7. The summed E-state index contributed by atoms with van der Waals surface area (Å²) in [5.41, 5.74) is 0. The predicted octanol–water partition coefficient (Wildman–Crippen LogP) is 3.01. The summed E-state index contributed by atoms with van der Waals surface area (Å²) in [6.07, 6.45) is -6.05. The molecule has 0 N–H and O–H groups in total. The predicted molar refractivity (Wildman–Crippen MR) is 62.8 cm³/mol. The lowest BCUT2D eigenvalue weighted by atomic mass is 10.1. The van der Waals surface area contributed by atoms with E-state index in [0.717, 1.165) is 0 Å². The Morgan fingerprint density at radius 2 is 1.65 bits per heavy atom. The molecular weight excluding hydrogens is 309 g/mol. The molecule has 118 valence electrons. The minimum atomic E-state index is -5.94. The summed E-state index contributed by atoms with van der Waals surface area (Å²) in [4.78, 5) is 22.7. The van der Waals surface area contributed by atoms with Crippen molar-refractivity contribution in [3.05, 3.63) is 0 Å². The topological polar surface area (TPSA) is 37.4 Å². The van der Waals surface area contributed by atoms with Crippen molar-refractivity contribution in [1.82, 2.24) is 4.90 Å². The largest absolute Gasteiger partial charge is 0.463 e. The second-order valence-electron chi connectivity index (χ2n) is 4.44. The Morgan fingerprint density at radius 1 is 1.15 bits per heavy atom. The van der Waals surface area contributed by atoms with Gasteiger partial charge in [-0.15, -0.1) is 11.6 Å². The Morgan fingerprint density at radius 3 is 2.00 bits per heavy atom. The highest BCUT2D eigenvalue weighted by atomic mass is 35.5. The lowest BCUT2D eigenvalue weighted by Crippen LogP contribution is -2.54. The second-order valence-corrected chi connectivity index (χ2v) is 4.71. The molecule has 9 heteroatoms. The molecule has 0 aromatic heterocycles. The maximum atomic E-state index is 13.0. The highest BCUT2D eigenvalue weighted by Gasteiger charge is 2.64. The first-order valence-electron chi connectivity index (χ1n) is 5.78. The molecule has 0 bridgehead atoms. The van der Waals surface area contributed by atoms with Crippen molar-refractivity contribution in [3.63, 3.8) is 0 Å². The summed E-state index contributed by atoms with van der Waals surface area (Å²) in [6.45, 7) is 2.26. The maximum Gasteiger partial charge on any atom is 0.463 e. The van der Waals surface area contributed by atoms with Gasteiger partial charge in [-0.25, -0.2) is 0 Å². The fourth-order valence-electron chi connectivity index (χ4n) is 1.41. The molecule has 0 spiro atoms. The summed E-state index contributed by atoms with van der Waals surface area (Å²) in [7, 11) is 0. The lowest BCUT2D eigenvalue weighted by Gasteiger charge is -2.31. The first-order chi connectivity index (χ1) is 8.95. The van der Waals surface area contributed by atoms with Crippen molar-refractivity contribution < 1.29 is 31.5 Å². The molecule has 0 rings (SSSR count). The van der Waals surface area contributed by atoms with Crippen molar-refractivity contribution in [2.45, 2.75) is 44.8 Å². The van der Waals surface area contributed by atoms with Gasteiger partial charge in [0.25, 0.3) is 0 Å². The molecule has 0 fully saturated rings. The van der Waals surface area contributed by atoms with Crippen molar-refractivity contribution in [2.24, 2.45) is 0 Å². The third-order valence-electron chi connectivity index (χ3n) is 2.51. The molecule has 0 aromatic carbocycles. The van der Waals surface area contributed by atoms with Gasteiger partial charge in [0.05, 0.1) is 5.88 Å². The number of halogens is 6. The number of carbonyl (C=O) groups is 2. The van der Waals surface area contributed by atoms with Crippen molar-refractivity contribution in [1.29, 1.82) is 0 Å². The Labute approximate surface area is 118 Å². The SMILES string of the molecule is CC(C)N(CCCC(=O)CCl)C(=O)C(F)(F)C(F)(F)F. The molecule has 20 heavy (non-hydrogen) atoms. The standard InChI is InChI=1S/C11H15ClF5NO2/c1-7(2)18(5-3-4-8(19)6-12)9(20)10(13,14)11(15,16)17/h7H,3-6H2,1-2H3. The summed E-state index contributed by atoms with van der Waals surface area (Å²) in [5, 5.41) is 0. The van der Waals surface area contributed by atoms with Gasteiger partial charge in [0.1, 0.15) is 5.78 Å². The number of hydrogen-bond acceptors (Lipinski definition) is 2. The van der Waals surface area contributed by atoms with Crippen LogP contribution in [0.2, 0.25) is 0 Å². The molecule has 0 aliphatic heterocycles. The number of alkyl halides is 6. The Hall–Kier alpha value is -0.920. The first-order valence-corrected chi connectivity index (χ1v) is 6.31. The van der Waals surface area contributed by atoms with Gasteiger partial charge < -0.3 is 4.90 Å². The van der Waals surface area contributed by atoms with Crippen LogP contribution in [0.3, 0.4) is 0 Å². The van der Waals surface area contributed by atoms with Crippen molar-refractivity contribution in [3.8, 4) is 0 Å². The van der Waals surface area contributed by atoms with Crippen LogP contribution in [0.25, 0.3) is 0 Å². The summed E-state index contributed by atoms with van der Waals surface area (Å²) in [6, 6.07) is -0.846. The minimum absolute atomic E-state index is 0.0244. The second kappa shape index (κ2) is 7.19. The Bertz CT molecular complexity index is 357. The highest BCUT2D eigenvalue weighted by Crippen LogP contribution is 2.37. The number of nitrogens with zero attached hydrogens (tertiary/aromatic N) is 1. The van der Waals surface area contributed by atoms with E-state index in [4.69, 9.17) is 11.6 Å². The summed E-state index contributed by atoms with van der Waals surface area (Å²) in [5.74, 6) is -8.38. The van der Waals surface area contributed by atoms with Gasteiger partial charge in [-0.3, -0.25) is 9.59 Å². The third kappa shape index (κ3) is 4.88. The van der Waals surface area contributed by atoms with Gasteiger partial charge in [-0.2, -0.15) is 22.0 Å². The van der Waals surface area contributed by atoms with Crippen LogP contribution in [0, 0.1) is 0 Å². The fraction of sp³-hybridized carbons (Fsp3) is 0.818. The molecule has 0 saturated heterocycles. The number of amides is 1. The van der Waals surface area contributed by atoms with Crippen LogP contribution in [0.15, 0.2) is 0 Å². The van der Waals surface area contributed by atoms with Crippen molar-refractivity contribution >= 4 is 23.3 Å². The van der Waals surface area contributed by atoms with Gasteiger partial charge in [-0.1, -0.05) is 0 Å². The van der Waals surface area contributed by atoms with Gasteiger partial charge in [-0.05, 0) is 20.3 Å². The van der Waals surface area contributed by atoms with E-state index < -0.39 is 24.0 Å². The molecule has 0 heterocycles. The molecule has 1 amide bonds. The molecule has 0 atom stereocenters. The average Bonchev–Trinajstić information content (AvgIpc) is 2.31. The van der Waals surface area contributed by atoms with E-state index in [2.05, 4.69) is 0 Å². The molecular formula is C11H15ClF5NO2. The smallest absolute Gasteiger partial charge is 0.335 e. The number of ketones is 1. The van der Waals surface area contributed by atoms with E-state index in [1.54, 1.807) is 0 Å². The first kappa shape index (κ1) is 19.1. The number of hydrogen-bond donors (Lipinski definition) is 0. The van der Waals surface area contributed by atoms with Gasteiger partial charge in [0, 0.05) is 19.0 Å². The molecule has 0 aromatic rings. The van der Waals surface area contributed by atoms with Crippen LogP contribution in [-0.2, 0) is 9.59 Å². The van der Waals surface area contributed by atoms with E-state index in [1.807, 2.05) is 0 Å². The Kier molecular flexibility index (Phi) is 6.86. The summed E-state index contributed by atoms with van der Waals surface area (Å²) < 4.78 is 62.4. The molecule has 0 radical (unpaired) electrons. The molecule has 0 aliphatic carbocycles. The maximum absolute atomic E-state index is 13.0.